The Morgan fingerprint density at radius 1 is 1.32 bits per heavy atom. The molecule has 0 bridgehead atoms. The smallest absolute Gasteiger partial charge is 0.269 e. The van der Waals surface area contributed by atoms with Crippen LogP contribution in [0, 0.1) is 10.1 Å². The highest BCUT2D eigenvalue weighted by atomic mass is 127. The Morgan fingerprint density at radius 2 is 1.91 bits per heavy atom. The number of hydrogen-bond donors (Lipinski definition) is 2. The molecule has 0 aliphatic heterocycles. The molecule has 7 heteroatoms. The second kappa shape index (κ2) is 7.75. The molecule has 1 aromatic carbocycles. The Bertz CT molecular complexity index is 533. The van der Waals surface area contributed by atoms with Crippen molar-refractivity contribution in [3.05, 3.63) is 39.9 Å². The fourth-order valence-corrected chi connectivity index (χ4v) is 1.79. The Hall–Kier alpha value is -1.38. The molecule has 0 unspecified atom stereocenters. The zero-order valence-electron chi connectivity index (χ0n) is 13.1. The van der Waals surface area contributed by atoms with Crippen molar-refractivity contribution in [2.24, 2.45) is 4.99 Å². The van der Waals surface area contributed by atoms with E-state index in [-0.39, 0.29) is 35.2 Å². The summed E-state index contributed by atoms with van der Waals surface area (Å²) in [5, 5.41) is 17.4. The van der Waals surface area contributed by atoms with E-state index < -0.39 is 4.92 Å². The first-order valence-electron chi connectivity index (χ1n) is 7.16. The van der Waals surface area contributed by atoms with E-state index in [1.54, 1.807) is 12.1 Å². The van der Waals surface area contributed by atoms with Crippen LogP contribution in [0.4, 0.5) is 5.69 Å². The minimum absolute atomic E-state index is 0. The molecule has 22 heavy (non-hydrogen) atoms. The molecule has 6 nitrogen and oxygen atoms in total. The van der Waals surface area contributed by atoms with Crippen molar-refractivity contribution in [1.29, 1.82) is 0 Å². The first kappa shape index (κ1) is 18.7. The average molecular weight is 418 g/mol. The van der Waals surface area contributed by atoms with E-state index in [9.17, 15) is 10.1 Å². The second-order valence-corrected chi connectivity index (χ2v) is 6.38. The third-order valence-corrected chi connectivity index (χ3v) is 2.98. The molecule has 2 N–H and O–H groups in total. The number of halogens is 1. The number of benzene rings is 1. The van der Waals surface area contributed by atoms with Gasteiger partial charge in [0.2, 0.25) is 0 Å². The van der Waals surface area contributed by atoms with E-state index in [2.05, 4.69) is 36.4 Å². The van der Waals surface area contributed by atoms with E-state index in [1.165, 1.54) is 25.0 Å². The third-order valence-electron chi connectivity index (χ3n) is 2.98. The molecule has 0 amide bonds. The van der Waals surface area contributed by atoms with Gasteiger partial charge in [-0.15, -0.1) is 24.0 Å². The first-order valence-corrected chi connectivity index (χ1v) is 7.16. The van der Waals surface area contributed by atoms with Gasteiger partial charge in [0, 0.05) is 23.7 Å². The van der Waals surface area contributed by atoms with Crippen LogP contribution in [0.15, 0.2) is 29.3 Å². The van der Waals surface area contributed by atoms with Crippen molar-refractivity contribution in [2.75, 3.05) is 0 Å². The van der Waals surface area contributed by atoms with E-state index >= 15 is 0 Å². The van der Waals surface area contributed by atoms with Gasteiger partial charge in [0.15, 0.2) is 5.96 Å². The number of nitrogens with zero attached hydrogens (tertiary/aromatic N) is 2. The maximum Gasteiger partial charge on any atom is 0.269 e. The largest absolute Gasteiger partial charge is 0.354 e. The molecule has 1 fully saturated rings. The molecule has 0 heterocycles. The molecule has 0 saturated heterocycles. The quantitative estimate of drug-likeness (QED) is 0.259. The zero-order valence-corrected chi connectivity index (χ0v) is 15.5. The predicted molar refractivity (Wildman–Crippen MR) is 98.7 cm³/mol. The number of nitro benzene ring substituents is 1. The summed E-state index contributed by atoms with van der Waals surface area (Å²) >= 11 is 0. The standard InChI is InChI=1S/C15H22N4O2.HI/c1-15(2,3)18-14(17-12-6-7-12)16-10-11-4-8-13(9-5-11)19(20)21;/h4-5,8-9,12H,6-7,10H2,1-3H3,(H2,16,17,18);1H. The van der Waals surface area contributed by atoms with Crippen LogP contribution in [0.5, 0.6) is 0 Å². The van der Waals surface area contributed by atoms with Crippen LogP contribution in [0.1, 0.15) is 39.2 Å². The van der Waals surface area contributed by atoms with E-state index in [1.807, 2.05) is 0 Å². The van der Waals surface area contributed by atoms with Crippen molar-refractivity contribution in [3.8, 4) is 0 Å². The van der Waals surface area contributed by atoms with Gasteiger partial charge >= 0.3 is 0 Å². The lowest BCUT2D eigenvalue weighted by atomic mass is 10.1. The highest BCUT2D eigenvalue weighted by Crippen LogP contribution is 2.19. The molecule has 1 aromatic rings. The Balaban J connectivity index is 0.00000242. The van der Waals surface area contributed by atoms with Crippen LogP contribution < -0.4 is 10.6 Å². The molecule has 1 saturated carbocycles. The SMILES string of the molecule is CC(C)(C)NC(=NCc1ccc([N+](=O)[O-])cc1)NC1CC1.I. The second-order valence-electron chi connectivity index (χ2n) is 6.38. The number of hydrogen-bond acceptors (Lipinski definition) is 3. The van der Waals surface area contributed by atoms with Crippen LogP contribution in [0.3, 0.4) is 0 Å². The highest BCUT2D eigenvalue weighted by molar-refractivity contribution is 14.0. The maximum atomic E-state index is 10.6. The number of guanidine groups is 1. The summed E-state index contributed by atoms with van der Waals surface area (Å²) in [4.78, 5) is 14.8. The number of non-ortho nitro benzene ring substituents is 1. The molecular formula is C15H23IN4O2. The normalized spacial score (nSPS) is 15.0. The van der Waals surface area contributed by atoms with Crippen LogP contribution in [-0.2, 0) is 6.54 Å². The average Bonchev–Trinajstić information content (AvgIpc) is 3.18. The van der Waals surface area contributed by atoms with Gasteiger partial charge in [0.1, 0.15) is 0 Å². The van der Waals surface area contributed by atoms with Crippen LogP contribution in [0.2, 0.25) is 0 Å². The molecule has 0 atom stereocenters. The van der Waals surface area contributed by atoms with E-state index in [4.69, 9.17) is 0 Å². The summed E-state index contributed by atoms with van der Waals surface area (Å²) in [7, 11) is 0. The molecule has 0 aromatic heterocycles. The van der Waals surface area contributed by atoms with Gasteiger partial charge in [0.25, 0.3) is 5.69 Å². The van der Waals surface area contributed by atoms with Gasteiger partial charge in [-0.3, -0.25) is 10.1 Å². The van der Waals surface area contributed by atoms with Crippen molar-refractivity contribution in [2.45, 2.75) is 51.7 Å². The summed E-state index contributed by atoms with van der Waals surface area (Å²) < 4.78 is 0. The Morgan fingerprint density at radius 3 is 2.36 bits per heavy atom. The molecule has 122 valence electrons. The summed E-state index contributed by atoms with van der Waals surface area (Å²) in [5.74, 6) is 0.795. The van der Waals surface area contributed by atoms with Crippen LogP contribution in [0.25, 0.3) is 0 Å². The minimum atomic E-state index is -0.395. The van der Waals surface area contributed by atoms with Crippen molar-refractivity contribution >= 4 is 35.6 Å². The van der Waals surface area contributed by atoms with Gasteiger partial charge < -0.3 is 10.6 Å². The number of aliphatic imine (C=N–C) groups is 1. The molecule has 1 aliphatic rings. The summed E-state index contributed by atoms with van der Waals surface area (Å²) in [6, 6.07) is 7.03. The molecule has 0 spiro atoms. The molecule has 0 radical (unpaired) electrons. The van der Waals surface area contributed by atoms with Gasteiger partial charge in [-0.05, 0) is 39.2 Å². The number of nitrogens with one attached hydrogen (secondary N) is 2. The third kappa shape index (κ3) is 6.59. The Labute approximate surface area is 148 Å². The first-order chi connectivity index (χ1) is 9.83. The van der Waals surface area contributed by atoms with Crippen molar-refractivity contribution < 1.29 is 4.92 Å². The van der Waals surface area contributed by atoms with Crippen molar-refractivity contribution in [3.63, 3.8) is 0 Å². The van der Waals surface area contributed by atoms with Gasteiger partial charge in [-0.1, -0.05) is 12.1 Å². The topological polar surface area (TPSA) is 79.6 Å². The monoisotopic (exact) mass is 418 g/mol. The molecule has 2 rings (SSSR count). The maximum absolute atomic E-state index is 10.6. The summed E-state index contributed by atoms with van der Waals surface area (Å²) in [5.41, 5.74) is 0.995. The predicted octanol–water partition coefficient (Wildman–Crippen LogP) is 3.21. The van der Waals surface area contributed by atoms with Crippen LogP contribution >= 0.6 is 24.0 Å². The number of nitro groups is 1. The zero-order chi connectivity index (χ0) is 15.5. The highest BCUT2D eigenvalue weighted by Gasteiger charge is 2.23. The minimum Gasteiger partial charge on any atom is -0.354 e. The lowest BCUT2D eigenvalue weighted by Gasteiger charge is -2.24. The fraction of sp³-hybridized carbons (Fsp3) is 0.533. The lowest BCUT2D eigenvalue weighted by Crippen LogP contribution is -2.48. The lowest BCUT2D eigenvalue weighted by molar-refractivity contribution is -0.384. The number of rotatable bonds is 4. The van der Waals surface area contributed by atoms with Gasteiger partial charge in [0.05, 0.1) is 11.5 Å². The fourth-order valence-electron chi connectivity index (χ4n) is 1.79. The van der Waals surface area contributed by atoms with E-state index in [0.29, 0.717) is 12.6 Å². The van der Waals surface area contributed by atoms with Crippen LogP contribution in [-0.4, -0.2) is 22.5 Å². The summed E-state index contributed by atoms with van der Waals surface area (Å²) in [6.07, 6.45) is 2.37. The van der Waals surface area contributed by atoms with Gasteiger partial charge in [-0.2, -0.15) is 0 Å². The molecular weight excluding hydrogens is 395 g/mol. The van der Waals surface area contributed by atoms with E-state index in [0.717, 1.165) is 11.5 Å². The Kier molecular flexibility index (Phi) is 6.58. The molecule has 1 aliphatic carbocycles. The van der Waals surface area contributed by atoms with Crippen molar-refractivity contribution in [1.82, 2.24) is 10.6 Å². The summed E-state index contributed by atoms with van der Waals surface area (Å²) in [6.45, 7) is 6.76. The van der Waals surface area contributed by atoms with Gasteiger partial charge in [-0.25, -0.2) is 4.99 Å².